The third-order valence-electron chi connectivity index (χ3n) is 5.45. The molecule has 3 rings (SSSR count). The second kappa shape index (κ2) is 11.5. The van der Waals surface area contributed by atoms with Crippen molar-refractivity contribution in [1.29, 1.82) is 0 Å². The van der Waals surface area contributed by atoms with Gasteiger partial charge in [0.2, 0.25) is 11.7 Å². The Kier molecular flexibility index (Phi) is 8.78. The monoisotopic (exact) mass is 559 g/mol. The molecular formula is C26H33N5O5S2. The second-order valence-corrected chi connectivity index (χ2v) is 12.8. The summed E-state index contributed by atoms with van der Waals surface area (Å²) in [4.78, 5) is 34.8. The third kappa shape index (κ3) is 7.75. The minimum Gasteiger partial charge on any atom is -0.444 e. The van der Waals surface area contributed by atoms with Gasteiger partial charge in [-0.1, -0.05) is 29.8 Å². The molecule has 0 saturated carbocycles. The van der Waals surface area contributed by atoms with Crippen molar-refractivity contribution in [1.82, 2.24) is 15.0 Å². The summed E-state index contributed by atoms with van der Waals surface area (Å²) in [6.45, 7) is 8.77. The normalized spacial score (nSPS) is 14.1. The number of hydrogen-bond donors (Lipinski definition) is 3. The molecule has 1 atom stereocenters. The van der Waals surface area contributed by atoms with E-state index >= 15 is 0 Å². The summed E-state index contributed by atoms with van der Waals surface area (Å²) >= 11 is 1.24. The minimum atomic E-state index is -3.88. The quantitative estimate of drug-likeness (QED) is 0.154. The molecule has 0 spiro atoms. The lowest BCUT2D eigenvalue weighted by molar-refractivity contribution is 0.0437. The van der Waals surface area contributed by atoms with Crippen LogP contribution in [-0.4, -0.2) is 48.9 Å². The van der Waals surface area contributed by atoms with Crippen LogP contribution in [0.25, 0.3) is 10.2 Å². The van der Waals surface area contributed by atoms with E-state index in [2.05, 4.69) is 20.0 Å². The Morgan fingerprint density at radius 1 is 1.08 bits per heavy atom. The van der Waals surface area contributed by atoms with Crippen molar-refractivity contribution in [2.45, 2.75) is 63.5 Å². The lowest BCUT2D eigenvalue weighted by atomic mass is 9.91. The maximum atomic E-state index is 13.6. The van der Waals surface area contributed by atoms with Crippen LogP contribution in [0.1, 0.15) is 55.9 Å². The Morgan fingerprint density at radius 2 is 1.74 bits per heavy atom. The highest BCUT2D eigenvalue weighted by Crippen LogP contribution is 2.27. The van der Waals surface area contributed by atoms with Gasteiger partial charge in [0.15, 0.2) is 5.01 Å². The van der Waals surface area contributed by atoms with Crippen molar-refractivity contribution in [3.8, 4) is 0 Å². The van der Waals surface area contributed by atoms with Gasteiger partial charge < -0.3 is 15.8 Å². The van der Waals surface area contributed by atoms with Crippen LogP contribution < -0.4 is 15.8 Å². The number of nitrogens with two attached hydrogens (primary N) is 1. The number of alkyl carbamates (subject to hydrolysis) is 1. The van der Waals surface area contributed by atoms with Gasteiger partial charge in [0, 0.05) is 6.54 Å². The number of thiazole rings is 1. The lowest BCUT2D eigenvalue weighted by Crippen LogP contribution is -2.53. The fraction of sp³-hybridized carbons (Fsp3) is 0.385. The highest BCUT2D eigenvalue weighted by atomic mass is 32.2. The minimum absolute atomic E-state index is 0.0665. The van der Waals surface area contributed by atoms with Crippen molar-refractivity contribution in [3.63, 3.8) is 0 Å². The van der Waals surface area contributed by atoms with Gasteiger partial charge >= 0.3 is 6.09 Å². The molecule has 0 unspecified atom stereocenters. The van der Waals surface area contributed by atoms with Crippen molar-refractivity contribution in [3.05, 3.63) is 59.1 Å². The number of aromatic nitrogens is 1. The summed E-state index contributed by atoms with van der Waals surface area (Å²) in [5.41, 5.74) is 5.34. The number of fused-ring (bicyclic) bond motifs is 1. The number of nitrogens with zero attached hydrogens (tertiary/aromatic N) is 2. The standard InChI is InChI=1S/C26H33N5O5S2/c1-17-11-13-18(14-12-17)38(34,35)31-23(27)28-16-8-15-26(5,30-24(33)36-25(2,3)4)21(32)22-29-19-9-6-7-10-20(19)37-22/h6-7,9-14H,8,15-16H2,1-5H3,(H,30,33)(H3,27,28,31)/t26-/m0/s1. The number of nitrogens with one attached hydrogen (secondary N) is 2. The largest absolute Gasteiger partial charge is 0.444 e. The molecule has 38 heavy (non-hydrogen) atoms. The predicted octanol–water partition coefficient (Wildman–Crippen LogP) is 4.14. The number of Topliss-reactive ketones (excluding diaryl/α,β-unsaturated/α-hetero) is 1. The zero-order chi connectivity index (χ0) is 28.1. The molecule has 4 N–H and O–H groups in total. The third-order valence-corrected chi connectivity index (χ3v) is 7.86. The van der Waals surface area contributed by atoms with Crippen LogP contribution in [0.5, 0.6) is 0 Å². The van der Waals surface area contributed by atoms with Crippen LogP contribution in [0.4, 0.5) is 4.79 Å². The SMILES string of the molecule is Cc1ccc(S(=O)(=O)NC(N)=NCCC[C@](C)(NC(=O)OC(C)(C)C)C(=O)c2nc3ccccc3s2)cc1. The molecule has 1 amide bonds. The Labute approximate surface area is 226 Å². The molecule has 1 aromatic heterocycles. The molecule has 1 heterocycles. The van der Waals surface area contributed by atoms with Gasteiger partial charge in [0.1, 0.15) is 11.1 Å². The van der Waals surface area contributed by atoms with Crippen LogP contribution >= 0.6 is 11.3 Å². The number of benzene rings is 2. The lowest BCUT2D eigenvalue weighted by Gasteiger charge is -2.30. The van der Waals surface area contributed by atoms with E-state index in [9.17, 15) is 18.0 Å². The van der Waals surface area contributed by atoms with Gasteiger partial charge in [-0.2, -0.15) is 0 Å². The summed E-state index contributed by atoms with van der Waals surface area (Å²) < 4.78 is 33.5. The number of amides is 1. The first-order chi connectivity index (χ1) is 17.7. The Hall–Kier alpha value is -3.51. The highest BCUT2D eigenvalue weighted by molar-refractivity contribution is 7.90. The molecule has 0 aliphatic rings. The average Bonchev–Trinajstić information content (AvgIpc) is 3.24. The average molecular weight is 560 g/mol. The molecule has 3 aromatic rings. The van der Waals surface area contributed by atoms with E-state index in [0.29, 0.717) is 11.9 Å². The molecular weight excluding hydrogens is 526 g/mol. The van der Waals surface area contributed by atoms with Crippen LogP contribution in [-0.2, 0) is 14.8 Å². The van der Waals surface area contributed by atoms with Gasteiger partial charge in [-0.25, -0.2) is 22.9 Å². The van der Waals surface area contributed by atoms with Gasteiger partial charge in [-0.3, -0.25) is 9.79 Å². The molecule has 0 saturated heterocycles. The fourth-order valence-corrected chi connectivity index (χ4v) is 5.53. The highest BCUT2D eigenvalue weighted by Gasteiger charge is 2.38. The van der Waals surface area contributed by atoms with Crippen molar-refractivity contribution in [2.75, 3.05) is 6.54 Å². The zero-order valence-corrected chi connectivity index (χ0v) is 23.7. The number of guanidine groups is 1. The molecule has 0 radical (unpaired) electrons. The van der Waals surface area contributed by atoms with Gasteiger partial charge in [0.25, 0.3) is 10.0 Å². The number of carbonyl (C=O) groups excluding carboxylic acids is 2. The van der Waals surface area contributed by atoms with Gasteiger partial charge in [-0.05, 0) is 71.7 Å². The van der Waals surface area contributed by atoms with Gasteiger partial charge in [-0.15, -0.1) is 11.3 Å². The first-order valence-corrected chi connectivity index (χ1v) is 14.3. The number of ether oxygens (including phenoxy) is 1. The van der Waals surface area contributed by atoms with Crippen LogP contribution in [0.2, 0.25) is 0 Å². The molecule has 0 aliphatic heterocycles. The maximum absolute atomic E-state index is 13.6. The van der Waals surface area contributed by atoms with Crippen molar-refractivity contribution >= 4 is 49.4 Å². The number of ketones is 1. The number of sulfonamides is 1. The first-order valence-electron chi connectivity index (χ1n) is 12.0. The summed E-state index contributed by atoms with van der Waals surface area (Å²) in [6, 6.07) is 13.7. The smallest absolute Gasteiger partial charge is 0.408 e. The van der Waals surface area contributed by atoms with E-state index < -0.39 is 27.3 Å². The van der Waals surface area contributed by atoms with E-state index in [1.54, 1.807) is 39.8 Å². The molecule has 10 nitrogen and oxygen atoms in total. The summed E-state index contributed by atoms with van der Waals surface area (Å²) in [5, 5.41) is 2.97. The van der Waals surface area contributed by atoms with E-state index in [0.717, 1.165) is 10.3 Å². The topological polar surface area (TPSA) is 153 Å². The Morgan fingerprint density at radius 3 is 2.37 bits per heavy atom. The molecule has 0 aliphatic carbocycles. The summed E-state index contributed by atoms with van der Waals surface area (Å²) in [5.74, 6) is -0.633. The number of hydrogen-bond acceptors (Lipinski definition) is 8. The zero-order valence-electron chi connectivity index (χ0n) is 22.1. The van der Waals surface area contributed by atoms with Crippen LogP contribution in [0.3, 0.4) is 0 Å². The van der Waals surface area contributed by atoms with Gasteiger partial charge in [0.05, 0.1) is 15.1 Å². The Bertz CT molecular complexity index is 1410. The fourth-order valence-electron chi connectivity index (χ4n) is 3.55. The molecule has 12 heteroatoms. The molecule has 0 fully saturated rings. The van der Waals surface area contributed by atoms with Crippen molar-refractivity contribution < 1.29 is 22.7 Å². The molecule has 204 valence electrons. The Balaban J connectivity index is 1.72. The number of para-hydroxylation sites is 1. The van der Waals surface area contributed by atoms with Crippen LogP contribution in [0.15, 0.2) is 58.4 Å². The van der Waals surface area contributed by atoms with E-state index in [1.807, 2.05) is 31.2 Å². The van der Waals surface area contributed by atoms with E-state index in [4.69, 9.17) is 10.5 Å². The first kappa shape index (κ1) is 29.1. The summed E-state index contributed by atoms with van der Waals surface area (Å²) in [6.07, 6.45) is -0.235. The van der Waals surface area contributed by atoms with E-state index in [-0.39, 0.29) is 34.6 Å². The summed E-state index contributed by atoms with van der Waals surface area (Å²) in [7, 11) is -3.88. The predicted molar refractivity (Wildman–Crippen MR) is 149 cm³/mol. The number of aliphatic imine (C=N–C) groups is 1. The second-order valence-electron chi connectivity index (χ2n) is 10.1. The number of aryl methyl sites for hydroxylation is 1. The van der Waals surface area contributed by atoms with E-state index in [1.165, 1.54) is 23.5 Å². The van der Waals surface area contributed by atoms with Crippen LogP contribution in [0, 0.1) is 6.92 Å². The molecule has 2 aromatic carbocycles. The number of carbonyl (C=O) groups is 2. The maximum Gasteiger partial charge on any atom is 0.408 e. The van der Waals surface area contributed by atoms with Crippen molar-refractivity contribution in [2.24, 2.45) is 10.7 Å². The molecule has 0 bridgehead atoms. The number of rotatable bonds is 9.